The molecule has 0 unspecified atom stereocenters. The molecule has 1 aliphatic heterocycles. The van der Waals surface area contributed by atoms with Crippen LogP contribution in [0.5, 0.6) is 0 Å². The van der Waals surface area contributed by atoms with E-state index in [1.165, 1.54) is 0 Å². The van der Waals surface area contributed by atoms with Crippen LogP contribution in [-0.2, 0) is 9.59 Å². The van der Waals surface area contributed by atoms with Crippen molar-refractivity contribution in [3.05, 3.63) is 29.8 Å². The molecule has 0 bridgehead atoms. The van der Waals surface area contributed by atoms with Crippen LogP contribution in [0.15, 0.2) is 24.3 Å². The lowest BCUT2D eigenvalue weighted by Gasteiger charge is -2.31. The second-order valence-corrected chi connectivity index (χ2v) is 7.74. The van der Waals surface area contributed by atoms with Gasteiger partial charge in [-0.25, -0.2) is 0 Å². The Hall–Kier alpha value is -2.37. The van der Waals surface area contributed by atoms with Crippen LogP contribution < -0.4 is 10.6 Å². The van der Waals surface area contributed by atoms with Crippen LogP contribution in [0.25, 0.3) is 0 Å². The van der Waals surface area contributed by atoms with E-state index in [1.54, 1.807) is 29.2 Å². The van der Waals surface area contributed by atoms with Gasteiger partial charge in [0.2, 0.25) is 11.8 Å². The average molecular weight is 345 g/mol. The highest BCUT2D eigenvalue weighted by molar-refractivity contribution is 6.05. The number of nitrogens with zero attached hydrogens (tertiary/aromatic N) is 1. The standard InChI is InChI=1S/C19H27N3O3/c1-12(2)20-18(25)14-8-6-7-9-15(14)21-17(24)13-10-16(23)22(11-13)19(3,4)5/h6-9,12-13H,10-11H2,1-5H3,(H,20,25)(H,21,24)/t13-/m1/s1. The number of amides is 3. The van der Waals surface area contributed by atoms with Gasteiger partial charge in [-0.2, -0.15) is 0 Å². The molecular weight excluding hydrogens is 318 g/mol. The first kappa shape index (κ1) is 19.0. The molecule has 0 aliphatic carbocycles. The molecule has 6 heteroatoms. The van der Waals surface area contributed by atoms with Crippen molar-refractivity contribution in [2.75, 3.05) is 11.9 Å². The summed E-state index contributed by atoms with van der Waals surface area (Å²) in [4.78, 5) is 38.8. The molecule has 2 N–H and O–H groups in total. The highest BCUT2D eigenvalue weighted by Gasteiger charge is 2.39. The predicted octanol–water partition coefficient (Wildman–Crippen LogP) is 2.41. The number of benzene rings is 1. The molecule has 25 heavy (non-hydrogen) atoms. The third kappa shape index (κ3) is 4.59. The average Bonchev–Trinajstić information content (AvgIpc) is 2.89. The second-order valence-electron chi connectivity index (χ2n) is 7.74. The summed E-state index contributed by atoms with van der Waals surface area (Å²) in [6.45, 7) is 10.0. The molecule has 0 spiro atoms. The smallest absolute Gasteiger partial charge is 0.253 e. The van der Waals surface area contributed by atoms with Crippen molar-refractivity contribution in [2.24, 2.45) is 5.92 Å². The Morgan fingerprint density at radius 2 is 1.84 bits per heavy atom. The third-order valence-corrected chi connectivity index (χ3v) is 4.15. The summed E-state index contributed by atoms with van der Waals surface area (Å²) in [6, 6.07) is 6.90. The molecule has 1 atom stereocenters. The number of anilines is 1. The number of nitrogens with one attached hydrogen (secondary N) is 2. The van der Waals surface area contributed by atoms with Crippen LogP contribution >= 0.6 is 0 Å². The van der Waals surface area contributed by atoms with Gasteiger partial charge in [-0.1, -0.05) is 12.1 Å². The lowest BCUT2D eigenvalue weighted by atomic mass is 10.1. The first-order valence-corrected chi connectivity index (χ1v) is 8.61. The number of hydrogen-bond donors (Lipinski definition) is 2. The van der Waals surface area contributed by atoms with Crippen molar-refractivity contribution in [1.29, 1.82) is 0 Å². The maximum absolute atomic E-state index is 12.6. The molecule has 6 nitrogen and oxygen atoms in total. The highest BCUT2D eigenvalue weighted by atomic mass is 16.2. The molecule has 1 aromatic rings. The lowest BCUT2D eigenvalue weighted by molar-refractivity contribution is -0.131. The normalized spacial score (nSPS) is 17.8. The summed E-state index contributed by atoms with van der Waals surface area (Å²) in [5.41, 5.74) is 0.579. The van der Waals surface area contributed by atoms with E-state index in [0.29, 0.717) is 17.8 Å². The van der Waals surface area contributed by atoms with Crippen molar-refractivity contribution in [2.45, 2.75) is 52.6 Å². The maximum Gasteiger partial charge on any atom is 0.253 e. The molecular formula is C19H27N3O3. The second kappa shape index (κ2) is 7.25. The number of para-hydroxylation sites is 1. The van der Waals surface area contributed by atoms with Crippen molar-refractivity contribution < 1.29 is 14.4 Å². The molecule has 0 saturated carbocycles. The Kier molecular flexibility index (Phi) is 5.50. The maximum atomic E-state index is 12.6. The lowest BCUT2D eigenvalue weighted by Crippen LogP contribution is -2.42. The van der Waals surface area contributed by atoms with Gasteiger partial charge in [-0.3, -0.25) is 14.4 Å². The van der Waals surface area contributed by atoms with Gasteiger partial charge in [0.05, 0.1) is 17.2 Å². The minimum absolute atomic E-state index is 0.00375. The van der Waals surface area contributed by atoms with Crippen molar-refractivity contribution in [3.8, 4) is 0 Å². The van der Waals surface area contributed by atoms with Gasteiger partial charge in [0.1, 0.15) is 0 Å². The van der Waals surface area contributed by atoms with Gasteiger partial charge in [-0.15, -0.1) is 0 Å². The number of likely N-dealkylation sites (tertiary alicyclic amines) is 1. The summed E-state index contributed by atoms with van der Waals surface area (Å²) in [6.07, 6.45) is 0.198. The number of hydrogen-bond acceptors (Lipinski definition) is 3. The summed E-state index contributed by atoms with van der Waals surface area (Å²) >= 11 is 0. The van der Waals surface area contributed by atoms with E-state index >= 15 is 0 Å². The topological polar surface area (TPSA) is 78.5 Å². The molecule has 3 amide bonds. The zero-order chi connectivity index (χ0) is 18.8. The Labute approximate surface area is 149 Å². The number of rotatable bonds is 4. The molecule has 2 rings (SSSR count). The Balaban J connectivity index is 2.12. The van der Waals surface area contributed by atoms with E-state index in [9.17, 15) is 14.4 Å². The van der Waals surface area contributed by atoms with Crippen LogP contribution in [0.4, 0.5) is 5.69 Å². The molecule has 0 radical (unpaired) electrons. The molecule has 136 valence electrons. The monoisotopic (exact) mass is 345 g/mol. The van der Waals surface area contributed by atoms with Crippen molar-refractivity contribution in [1.82, 2.24) is 10.2 Å². The summed E-state index contributed by atoms with van der Waals surface area (Å²) in [5.74, 6) is -0.888. The van der Waals surface area contributed by atoms with E-state index in [0.717, 1.165) is 0 Å². The fraction of sp³-hybridized carbons (Fsp3) is 0.526. The van der Waals surface area contributed by atoms with Gasteiger partial charge in [-0.05, 0) is 46.8 Å². The fourth-order valence-electron chi connectivity index (χ4n) is 2.90. The minimum Gasteiger partial charge on any atom is -0.350 e. The van der Waals surface area contributed by atoms with E-state index in [2.05, 4.69) is 10.6 Å². The van der Waals surface area contributed by atoms with E-state index in [1.807, 2.05) is 34.6 Å². The predicted molar refractivity (Wildman–Crippen MR) is 97.2 cm³/mol. The fourth-order valence-corrected chi connectivity index (χ4v) is 2.90. The largest absolute Gasteiger partial charge is 0.350 e. The van der Waals surface area contributed by atoms with E-state index in [4.69, 9.17) is 0 Å². The molecule has 0 aromatic heterocycles. The Morgan fingerprint density at radius 3 is 2.40 bits per heavy atom. The van der Waals surface area contributed by atoms with Gasteiger partial charge < -0.3 is 15.5 Å². The zero-order valence-electron chi connectivity index (χ0n) is 15.6. The quantitative estimate of drug-likeness (QED) is 0.879. The van der Waals surface area contributed by atoms with E-state index in [-0.39, 0.29) is 35.7 Å². The molecule has 1 aliphatic rings. The SMILES string of the molecule is CC(C)NC(=O)c1ccccc1NC(=O)[C@@H]1CC(=O)N(C(C)(C)C)C1. The molecule has 1 aromatic carbocycles. The number of carbonyl (C=O) groups excluding carboxylic acids is 3. The van der Waals surface area contributed by atoms with Gasteiger partial charge in [0, 0.05) is 24.5 Å². The van der Waals surface area contributed by atoms with Crippen molar-refractivity contribution in [3.63, 3.8) is 0 Å². The Bertz CT molecular complexity index is 677. The van der Waals surface area contributed by atoms with Gasteiger partial charge in [0.15, 0.2) is 0 Å². The summed E-state index contributed by atoms with van der Waals surface area (Å²) in [7, 11) is 0. The molecule has 1 heterocycles. The highest BCUT2D eigenvalue weighted by Crippen LogP contribution is 2.27. The zero-order valence-corrected chi connectivity index (χ0v) is 15.6. The third-order valence-electron chi connectivity index (χ3n) is 4.15. The van der Waals surface area contributed by atoms with Crippen molar-refractivity contribution >= 4 is 23.4 Å². The summed E-state index contributed by atoms with van der Waals surface area (Å²) < 4.78 is 0. The van der Waals surface area contributed by atoms with Crippen LogP contribution in [0.3, 0.4) is 0 Å². The molecule has 1 saturated heterocycles. The summed E-state index contributed by atoms with van der Waals surface area (Å²) in [5, 5.41) is 5.64. The van der Waals surface area contributed by atoms with Crippen LogP contribution in [-0.4, -0.2) is 40.7 Å². The number of carbonyl (C=O) groups is 3. The van der Waals surface area contributed by atoms with Gasteiger partial charge in [0.25, 0.3) is 5.91 Å². The molecule has 1 fully saturated rings. The van der Waals surface area contributed by atoms with Crippen LogP contribution in [0, 0.1) is 5.92 Å². The van der Waals surface area contributed by atoms with Crippen LogP contribution in [0.1, 0.15) is 51.4 Å². The minimum atomic E-state index is -0.409. The van der Waals surface area contributed by atoms with Crippen LogP contribution in [0.2, 0.25) is 0 Å². The van der Waals surface area contributed by atoms with E-state index < -0.39 is 5.92 Å². The Morgan fingerprint density at radius 1 is 1.20 bits per heavy atom. The van der Waals surface area contributed by atoms with Gasteiger partial charge >= 0.3 is 0 Å². The first-order valence-electron chi connectivity index (χ1n) is 8.61. The first-order chi connectivity index (χ1) is 11.6.